The molecule has 1 atom stereocenters. The number of benzene rings is 2. The number of esters is 1. The molecule has 1 N–H and O–H groups in total. The predicted molar refractivity (Wildman–Crippen MR) is 117 cm³/mol. The Kier molecular flexibility index (Phi) is 6.91. The third-order valence-electron chi connectivity index (χ3n) is 4.61. The van der Waals surface area contributed by atoms with E-state index in [1.807, 2.05) is 0 Å². The Morgan fingerprint density at radius 1 is 1.18 bits per heavy atom. The van der Waals surface area contributed by atoms with Crippen LogP contribution in [0.3, 0.4) is 0 Å². The van der Waals surface area contributed by atoms with Crippen LogP contribution in [0.5, 0.6) is 11.5 Å². The second-order valence-corrected chi connectivity index (χ2v) is 6.96. The Hall–Kier alpha value is -4.41. The Labute approximate surface area is 187 Å². The van der Waals surface area contributed by atoms with Crippen LogP contribution in [-0.4, -0.2) is 36.6 Å². The standard InChI is InChI=1S/C22H20N2O9/c1-12-8-20(25)33-19-10-15(5-6-16(12)19)31-11-21(26)32-13(2)22(27)23-17-9-14(24(28)29)4-7-18(17)30-3/h4-10,13H,11H2,1-3H3,(H,23,27). The van der Waals surface area contributed by atoms with E-state index in [1.54, 1.807) is 19.1 Å². The molecule has 1 amide bonds. The number of hydrogen-bond acceptors (Lipinski definition) is 9. The van der Waals surface area contributed by atoms with Gasteiger partial charge in [-0.1, -0.05) is 0 Å². The quantitative estimate of drug-likeness (QED) is 0.234. The molecule has 0 aliphatic heterocycles. The SMILES string of the molecule is COc1ccc([N+](=O)[O-])cc1NC(=O)C(C)OC(=O)COc1ccc2c(C)cc(=O)oc2c1. The third kappa shape index (κ3) is 5.64. The van der Waals surface area contributed by atoms with Gasteiger partial charge >= 0.3 is 11.6 Å². The van der Waals surface area contributed by atoms with Gasteiger partial charge in [0.15, 0.2) is 12.7 Å². The molecule has 0 bridgehead atoms. The topological polar surface area (TPSA) is 147 Å². The highest BCUT2D eigenvalue weighted by atomic mass is 16.6. The molecular weight excluding hydrogens is 436 g/mol. The number of fused-ring (bicyclic) bond motifs is 1. The van der Waals surface area contributed by atoms with Crippen LogP contribution < -0.4 is 20.4 Å². The van der Waals surface area contributed by atoms with Crippen molar-refractivity contribution in [1.29, 1.82) is 0 Å². The average Bonchev–Trinajstić information content (AvgIpc) is 2.77. The molecule has 3 aromatic rings. The lowest BCUT2D eigenvalue weighted by Gasteiger charge is -2.15. The minimum atomic E-state index is -1.22. The zero-order valence-electron chi connectivity index (χ0n) is 17.9. The van der Waals surface area contributed by atoms with Crippen molar-refractivity contribution in [2.24, 2.45) is 0 Å². The molecule has 1 aromatic heterocycles. The van der Waals surface area contributed by atoms with Gasteiger partial charge in [0, 0.05) is 29.7 Å². The maximum Gasteiger partial charge on any atom is 0.344 e. The smallest absolute Gasteiger partial charge is 0.344 e. The van der Waals surface area contributed by atoms with E-state index in [2.05, 4.69) is 5.32 Å². The first-order chi connectivity index (χ1) is 15.7. The predicted octanol–water partition coefficient (Wildman–Crippen LogP) is 2.97. The van der Waals surface area contributed by atoms with E-state index in [0.717, 1.165) is 17.0 Å². The molecule has 0 radical (unpaired) electrons. The number of nitrogens with zero attached hydrogens (tertiary/aromatic N) is 1. The van der Waals surface area contributed by atoms with Gasteiger partial charge in [-0.2, -0.15) is 0 Å². The summed E-state index contributed by atoms with van der Waals surface area (Å²) in [5.74, 6) is -1.07. The molecule has 0 saturated heterocycles. The van der Waals surface area contributed by atoms with E-state index in [0.29, 0.717) is 5.58 Å². The second kappa shape index (κ2) is 9.81. The van der Waals surface area contributed by atoms with Crippen molar-refractivity contribution < 1.29 is 33.1 Å². The molecule has 0 aliphatic carbocycles. The number of nitro groups is 1. The highest BCUT2D eigenvalue weighted by Gasteiger charge is 2.21. The molecule has 1 unspecified atom stereocenters. The van der Waals surface area contributed by atoms with Gasteiger partial charge in [-0.15, -0.1) is 0 Å². The summed E-state index contributed by atoms with van der Waals surface area (Å²) >= 11 is 0. The lowest BCUT2D eigenvalue weighted by molar-refractivity contribution is -0.384. The molecule has 2 aromatic carbocycles. The highest BCUT2D eigenvalue weighted by Crippen LogP contribution is 2.29. The van der Waals surface area contributed by atoms with E-state index in [9.17, 15) is 24.5 Å². The number of carbonyl (C=O) groups is 2. The fourth-order valence-corrected chi connectivity index (χ4v) is 2.96. The van der Waals surface area contributed by atoms with E-state index >= 15 is 0 Å². The zero-order valence-corrected chi connectivity index (χ0v) is 17.9. The summed E-state index contributed by atoms with van der Waals surface area (Å²) in [5, 5.41) is 14.1. The van der Waals surface area contributed by atoms with Gasteiger partial charge in [-0.05, 0) is 37.6 Å². The number of nitro benzene ring substituents is 1. The van der Waals surface area contributed by atoms with Crippen LogP contribution in [0, 0.1) is 17.0 Å². The summed E-state index contributed by atoms with van der Waals surface area (Å²) in [6.07, 6.45) is -1.22. The zero-order chi connectivity index (χ0) is 24.1. The first-order valence-corrected chi connectivity index (χ1v) is 9.68. The first kappa shape index (κ1) is 23.3. The van der Waals surface area contributed by atoms with Crippen molar-refractivity contribution in [3.8, 4) is 11.5 Å². The van der Waals surface area contributed by atoms with Crippen molar-refractivity contribution in [2.45, 2.75) is 20.0 Å². The van der Waals surface area contributed by atoms with E-state index in [-0.39, 0.29) is 22.9 Å². The van der Waals surface area contributed by atoms with Gasteiger partial charge < -0.3 is 23.9 Å². The van der Waals surface area contributed by atoms with E-state index in [1.165, 1.54) is 38.3 Å². The molecule has 0 fully saturated rings. The third-order valence-corrected chi connectivity index (χ3v) is 4.61. The molecule has 3 rings (SSSR count). The lowest BCUT2D eigenvalue weighted by atomic mass is 10.1. The minimum Gasteiger partial charge on any atom is -0.495 e. The van der Waals surface area contributed by atoms with E-state index < -0.39 is 35.1 Å². The normalized spacial score (nSPS) is 11.5. The molecule has 0 saturated carbocycles. The molecular formula is C22H20N2O9. The van der Waals surface area contributed by atoms with Gasteiger partial charge in [0.2, 0.25) is 0 Å². The van der Waals surface area contributed by atoms with Crippen LogP contribution in [0.2, 0.25) is 0 Å². The number of aryl methyl sites for hydroxylation is 1. The van der Waals surface area contributed by atoms with Crippen molar-refractivity contribution >= 4 is 34.2 Å². The largest absolute Gasteiger partial charge is 0.495 e. The number of anilines is 1. The van der Waals surface area contributed by atoms with Gasteiger partial charge in [0.1, 0.15) is 17.1 Å². The number of rotatable bonds is 8. The fraction of sp³-hybridized carbons (Fsp3) is 0.227. The summed E-state index contributed by atoms with van der Waals surface area (Å²) in [4.78, 5) is 46.4. The summed E-state index contributed by atoms with van der Waals surface area (Å²) < 4.78 is 20.6. The maximum absolute atomic E-state index is 12.4. The monoisotopic (exact) mass is 456 g/mol. The lowest BCUT2D eigenvalue weighted by Crippen LogP contribution is -2.31. The molecule has 0 aliphatic rings. The van der Waals surface area contributed by atoms with Crippen molar-refractivity contribution in [2.75, 3.05) is 19.0 Å². The molecule has 11 heteroatoms. The Bertz CT molecular complexity index is 1280. The summed E-state index contributed by atoms with van der Waals surface area (Å²) in [7, 11) is 1.34. The van der Waals surface area contributed by atoms with Crippen LogP contribution in [0.15, 0.2) is 51.7 Å². The average molecular weight is 456 g/mol. The molecule has 0 spiro atoms. The van der Waals surface area contributed by atoms with Gasteiger partial charge in [0.25, 0.3) is 11.6 Å². The summed E-state index contributed by atoms with van der Waals surface area (Å²) in [6.45, 7) is 2.61. The number of non-ortho nitro benzene ring substituents is 1. The first-order valence-electron chi connectivity index (χ1n) is 9.68. The number of ether oxygens (including phenoxy) is 3. The number of amides is 1. The second-order valence-electron chi connectivity index (χ2n) is 6.96. The Morgan fingerprint density at radius 3 is 2.64 bits per heavy atom. The summed E-state index contributed by atoms with van der Waals surface area (Å²) in [5.41, 5.74) is 0.364. The molecule has 172 valence electrons. The van der Waals surface area contributed by atoms with Crippen LogP contribution in [0.4, 0.5) is 11.4 Å². The van der Waals surface area contributed by atoms with Crippen LogP contribution in [-0.2, 0) is 14.3 Å². The fourth-order valence-electron chi connectivity index (χ4n) is 2.96. The number of hydrogen-bond donors (Lipinski definition) is 1. The van der Waals surface area contributed by atoms with Gasteiger partial charge in [-0.3, -0.25) is 14.9 Å². The minimum absolute atomic E-state index is 0.0591. The molecule has 11 nitrogen and oxygen atoms in total. The Balaban J connectivity index is 1.60. The van der Waals surface area contributed by atoms with Crippen LogP contribution in [0.25, 0.3) is 11.0 Å². The van der Waals surface area contributed by atoms with Crippen molar-refractivity contribution in [3.05, 3.63) is 68.6 Å². The number of carbonyl (C=O) groups excluding carboxylic acids is 2. The van der Waals surface area contributed by atoms with Gasteiger partial charge in [-0.25, -0.2) is 9.59 Å². The van der Waals surface area contributed by atoms with Crippen LogP contribution >= 0.6 is 0 Å². The number of methoxy groups -OCH3 is 1. The molecule has 1 heterocycles. The Morgan fingerprint density at radius 2 is 1.94 bits per heavy atom. The highest BCUT2D eigenvalue weighted by molar-refractivity contribution is 5.96. The van der Waals surface area contributed by atoms with E-state index in [4.69, 9.17) is 18.6 Å². The van der Waals surface area contributed by atoms with Crippen molar-refractivity contribution in [3.63, 3.8) is 0 Å². The number of nitrogens with one attached hydrogen (secondary N) is 1. The summed E-state index contributed by atoms with van der Waals surface area (Å²) in [6, 6.07) is 9.84. The molecule has 33 heavy (non-hydrogen) atoms. The maximum atomic E-state index is 12.4. The van der Waals surface area contributed by atoms with Gasteiger partial charge in [0.05, 0.1) is 17.7 Å². The van der Waals surface area contributed by atoms with Crippen LogP contribution in [0.1, 0.15) is 12.5 Å². The van der Waals surface area contributed by atoms with Crippen molar-refractivity contribution in [1.82, 2.24) is 0 Å².